The molecule has 0 N–H and O–H groups in total. The van der Waals surface area contributed by atoms with Crippen molar-refractivity contribution in [3.63, 3.8) is 0 Å². The molecule has 0 amide bonds. The molecule has 1 unspecified atom stereocenters. The Hall–Kier alpha value is -1.48. The van der Waals surface area contributed by atoms with Crippen molar-refractivity contribution in [2.24, 2.45) is 11.3 Å². The largest absolute Gasteiger partial charge is 0.374 e. The van der Waals surface area contributed by atoms with Crippen LogP contribution in [0.15, 0.2) is 24.3 Å². The van der Waals surface area contributed by atoms with Crippen LogP contribution in [0, 0.1) is 11.3 Å². The number of carbonyl (C=O) groups excluding carboxylic acids is 2. The van der Waals surface area contributed by atoms with Crippen LogP contribution in [0.25, 0.3) is 0 Å². The Morgan fingerprint density at radius 3 is 2.14 bits per heavy atom. The molecule has 116 valence electrons. The molecule has 0 aliphatic heterocycles. The monoisotopic (exact) mass is 290 g/mol. The summed E-state index contributed by atoms with van der Waals surface area (Å²) in [6, 6.07) is 8.10. The van der Waals surface area contributed by atoms with Gasteiger partial charge in [-0.3, -0.25) is 4.79 Å². The van der Waals surface area contributed by atoms with Crippen LogP contribution in [-0.2, 0) is 26.3 Å². The van der Waals surface area contributed by atoms with E-state index in [1.54, 1.807) is 21.0 Å². The highest BCUT2D eigenvalue weighted by molar-refractivity contribution is 5.98. The number of ether oxygens (including phenoxy) is 1. The summed E-state index contributed by atoms with van der Waals surface area (Å²) < 4.78 is 5.45. The summed E-state index contributed by atoms with van der Waals surface area (Å²) in [5.41, 5.74) is 0.964. The fourth-order valence-corrected chi connectivity index (χ4v) is 2.30. The topological polar surface area (TPSA) is 43.4 Å². The summed E-state index contributed by atoms with van der Waals surface area (Å²) in [5, 5.41) is 0. The first-order valence-electron chi connectivity index (χ1n) is 7.29. The Kier molecular flexibility index (Phi) is 5.46. The summed E-state index contributed by atoms with van der Waals surface area (Å²) >= 11 is 0. The zero-order chi connectivity index (χ0) is 16.3. The summed E-state index contributed by atoms with van der Waals surface area (Å²) in [4.78, 5) is 23.2. The predicted octanol–water partition coefficient (Wildman–Crippen LogP) is 3.54. The Balaban J connectivity index is 2.81. The highest BCUT2D eigenvalue weighted by Gasteiger charge is 2.31. The van der Waals surface area contributed by atoms with E-state index in [2.05, 4.69) is 0 Å². The number of methoxy groups -OCH3 is 1. The molecule has 1 rings (SSSR count). The molecular formula is C18H26O3. The highest BCUT2D eigenvalue weighted by atomic mass is 16.5. The normalized spacial score (nSPS) is 13.8. The minimum absolute atomic E-state index is 0.0150. The fraction of sp³-hybridized carbons (Fsp3) is 0.556. The molecule has 0 saturated carbocycles. The third kappa shape index (κ3) is 4.24. The lowest BCUT2D eigenvalue weighted by Crippen LogP contribution is -2.32. The molecule has 0 radical (unpaired) electrons. The number of rotatable bonds is 7. The van der Waals surface area contributed by atoms with Gasteiger partial charge in [-0.15, -0.1) is 0 Å². The average Bonchev–Trinajstić information content (AvgIpc) is 2.46. The Morgan fingerprint density at radius 1 is 1.19 bits per heavy atom. The van der Waals surface area contributed by atoms with Gasteiger partial charge in [-0.2, -0.15) is 0 Å². The summed E-state index contributed by atoms with van der Waals surface area (Å²) in [6.07, 6.45) is 1.37. The van der Waals surface area contributed by atoms with Crippen LogP contribution >= 0.6 is 0 Å². The molecule has 3 heteroatoms. The van der Waals surface area contributed by atoms with Gasteiger partial charge in [0, 0.05) is 13.0 Å². The van der Waals surface area contributed by atoms with E-state index in [0.717, 1.165) is 17.4 Å². The molecule has 0 spiro atoms. The second-order valence-corrected chi connectivity index (χ2v) is 6.72. The number of hydrogen-bond donors (Lipinski definition) is 0. The highest BCUT2D eigenvalue weighted by Crippen LogP contribution is 2.25. The van der Waals surface area contributed by atoms with Crippen molar-refractivity contribution in [2.75, 3.05) is 7.11 Å². The third-order valence-corrected chi connectivity index (χ3v) is 4.08. The Bertz CT molecular complexity index is 498. The smallest absolute Gasteiger partial charge is 0.148 e. The van der Waals surface area contributed by atoms with Crippen molar-refractivity contribution in [2.45, 2.75) is 46.6 Å². The summed E-state index contributed by atoms with van der Waals surface area (Å²) in [5.74, 6) is -0.190. The molecule has 0 saturated heterocycles. The Morgan fingerprint density at radius 2 is 1.71 bits per heavy atom. The van der Waals surface area contributed by atoms with Crippen molar-refractivity contribution < 1.29 is 14.3 Å². The van der Waals surface area contributed by atoms with Crippen LogP contribution in [0.2, 0.25) is 0 Å². The van der Waals surface area contributed by atoms with Crippen molar-refractivity contribution in [1.82, 2.24) is 0 Å². The van der Waals surface area contributed by atoms with Gasteiger partial charge in [-0.1, -0.05) is 31.2 Å². The quantitative estimate of drug-likeness (QED) is 0.570. The van der Waals surface area contributed by atoms with Gasteiger partial charge in [-0.05, 0) is 45.2 Å². The fourth-order valence-electron chi connectivity index (χ4n) is 2.30. The number of aldehydes is 1. The van der Waals surface area contributed by atoms with E-state index in [9.17, 15) is 9.59 Å². The van der Waals surface area contributed by atoms with E-state index in [1.165, 1.54) is 0 Å². The van der Waals surface area contributed by atoms with Crippen LogP contribution in [0.1, 0.15) is 45.7 Å². The van der Waals surface area contributed by atoms with E-state index in [1.807, 2.05) is 45.0 Å². The molecule has 0 aliphatic carbocycles. The molecule has 1 aromatic rings. The Labute approximate surface area is 127 Å². The van der Waals surface area contributed by atoms with E-state index in [-0.39, 0.29) is 17.3 Å². The number of carbonyl (C=O) groups is 2. The van der Waals surface area contributed by atoms with E-state index < -0.39 is 5.41 Å². The maximum Gasteiger partial charge on any atom is 0.148 e. The molecule has 21 heavy (non-hydrogen) atoms. The van der Waals surface area contributed by atoms with Gasteiger partial charge in [0.15, 0.2) is 0 Å². The van der Waals surface area contributed by atoms with Gasteiger partial charge in [-0.25, -0.2) is 0 Å². The lowest BCUT2D eigenvalue weighted by molar-refractivity contribution is -0.135. The zero-order valence-corrected chi connectivity index (χ0v) is 13.9. The second-order valence-electron chi connectivity index (χ2n) is 6.72. The molecular weight excluding hydrogens is 264 g/mol. The second kappa shape index (κ2) is 6.52. The lowest BCUT2D eigenvalue weighted by Gasteiger charge is -2.24. The third-order valence-electron chi connectivity index (χ3n) is 4.08. The molecule has 0 heterocycles. The van der Waals surface area contributed by atoms with Gasteiger partial charge in [0.1, 0.15) is 12.1 Å². The van der Waals surface area contributed by atoms with Gasteiger partial charge in [0.25, 0.3) is 0 Å². The van der Waals surface area contributed by atoms with Crippen molar-refractivity contribution in [3.8, 4) is 0 Å². The molecule has 3 nitrogen and oxygen atoms in total. The SMILES string of the molecule is COC(C)(C)c1ccc(CC(C)C(=O)C(C)(C)C=O)cc1. The molecule has 0 bridgehead atoms. The number of Topliss-reactive ketones (excluding diaryl/α,β-unsaturated/α-hetero) is 1. The molecule has 0 aromatic heterocycles. The predicted molar refractivity (Wildman–Crippen MR) is 84.2 cm³/mol. The van der Waals surface area contributed by atoms with Crippen LogP contribution < -0.4 is 0 Å². The summed E-state index contributed by atoms with van der Waals surface area (Å²) in [7, 11) is 1.69. The van der Waals surface area contributed by atoms with Gasteiger partial charge in [0.05, 0.1) is 11.0 Å². The van der Waals surface area contributed by atoms with Gasteiger partial charge < -0.3 is 9.53 Å². The average molecular weight is 290 g/mol. The van der Waals surface area contributed by atoms with Crippen molar-refractivity contribution in [3.05, 3.63) is 35.4 Å². The van der Waals surface area contributed by atoms with E-state index >= 15 is 0 Å². The van der Waals surface area contributed by atoms with Crippen LogP contribution in [-0.4, -0.2) is 19.2 Å². The molecule has 1 aromatic carbocycles. The maximum absolute atomic E-state index is 12.2. The summed E-state index contributed by atoms with van der Waals surface area (Å²) in [6.45, 7) is 9.24. The minimum atomic E-state index is -0.905. The maximum atomic E-state index is 12.2. The van der Waals surface area contributed by atoms with Crippen molar-refractivity contribution >= 4 is 12.1 Å². The van der Waals surface area contributed by atoms with Crippen molar-refractivity contribution in [1.29, 1.82) is 0 Å². The molecule has 0 aliphatic rings. The molecule has 0 fully saturated rings. The first-order valence-corrected chi connectivity index (χ1v) is 7.29. The number of ketones is 1. The van der Waals surface area contributed by atoms with Gasteiger partial charge >= 0.3 is 0 Å². The number of benzene rings is 1. The first kappa shape index (κ1) is 17.6. The zero-order valence-electron chi connectivity index (χ0n) is 13.9. The first-order chi connectivity index (χ1) is 9.64. The van der Waals surface area contributed by atoms with E-state index in [4.69, 9.17) is 4.74 Å². The lowest BCUT2D eigenvalue weighted by atomic mass is 9.81. The molecule has 1 atom stereocenters. The van der Waals surface area contributed by atoms with Crippen LogP contribution in [0.3, 0.4) is 0 Å². The standard InChI is InChI=1S/C18H26O3/c1-13(16(20)17(2,3)12-19)11-14-7-9-15(10-8-14)18(4,5)21-6/h7-10,12-13H,11H2,1-6H3. The minimum Gasteiger partial charge on any atom is -0.374 e. The van der Waals surface area contributed by atoms with Crippen LogP contribution in [0.4, 0.5) is 0 Å². The van der Waals surface area contributed by atoms with E-state index in [0.29, 0.717) is 6.42 Å². The van der Waals surface area contributed by atoms with Crippen LogP contribution in [0.5, 0.6) is 0 Å². The van der Waals surface area contributed by atoms with Gasteiger partial charge in [0.2, 0.25) is 0 Å². The number of hydrogen-bond acceptors (Lipinski definition) is 3.